The van der Waals surface area contributed by atoms with Crippen molar-refractivity contribution in [3.63, 3.8) is 0 Å². The summed E-state index contributed by atoms with van der Waals surface area (Å²) in [5, 5.41) is 11.7. The quantitative estimate of drug-likeness (QED) is 0.722. The van der Waals surface area contributed by atoms with Crippen LogP contribution in [-0.2, 0) is 6.54 Å². The third-order valence-electron chi connectivity index (χ3n) is 2.96. The number of aryl methyl sites for hydroxylation is 1. The Bertz CT molecular complexity index is 687. The third-order valence-corrected chi connectivity index (χ3v) is 2.96. The molecule has 0 aliphatic carbocycles. The van der Waals surface area contributed by atoms with Gasteiger partial charge in [-0.1, -0.05) is 12.1 Å². The van der Waals surface area contributed by atoms with E-state index in [4.69, 9.17) is 10.2 Å². The van der Waals surface area contributed by atoms with Gasteiger partial charge in [-0.15, -0.1) is 5.10 Å². The van der Waals surface area contributed by atoms with Crippen molar-refractivity contribution in [2.45, 2.75) is 13.5 Å². The Morgan fingerprint density at radius 1 is 1.32 bits per heavy atom. The van der Waals surface area contributed by atoms with Gasteiger partial charge in [-0.25, -0.2) is 4.68 Å². The Morgan fingerprint density at radius 3 is 2.95 bits per heavy atom. The van der Waals surface area contributed by atoms with Crippen molar-refractivity contribution in [1.29, 1.82) is 0 Å². The number of benzene rings is 1. The molecule has 0 spiro atoms. The van der Waals surface area contributed by atoms with Gasteiger partial charge >= 0.3 is 0 Å². The fourth-order valence-corrected chi connectivity index (χ4v) is 1.85. The third kappa shape index (κ3) is 2.20. The average molecular weight is 255 g/mol. The predicted octanol–water partition coefficient (Wildman–Crippen LogP) is 1.87. The summed E-state index contributed by atoms with van der Waals surface area (Å²) >= 11 is 0. The van der Waals surface area contributed by atoms with E-state index in [0.29, 0.717) is 12.4 Å². The SMILES string of the molecule is Cc1ccc(-c2nnnn2Cc2ccco2)cc1N. The zero-order valence-electron chi connectivity index (χ0n) is 10.4. The second-order valence-corrected chi connectivity index (χ2v) is 4.31. The molecule has 0 aliphatic heterocycles. The van der Waals surface area contributed by atoms with Crippen LogP contribution in [0.15, 0.2) is 41.0 Å². The summed E-state index contributed by atoms with van der Waals surface area (Å²) in [6, 6.07) is 9.50. The number of hydrogen-bond donors (Lipinski definition) is 1. The zero-order valence-corrected chi connectivity index (χ0v) is 10.4. The Morgan fingerprint density at radius 2 is 2.21 bits per heavy atom. The van der Waals surface area contributed by atoms with Gasteiger partial charge in [0.25, 0.3) is 0 Å². The van der Waals surface area contributed by atoms with E-state index in [0.717, 1.165) is 22.6 Å². The Balaban J connectivity index is 1.97. The number of furan rings is 1. The molecule has 0 amide bonds. The molecule has 2 aromatic heterocycles. The fourth-order valence-electron chi connectivity index (χ4n) is 1.85. The van der Waals surface area contributed by atoms with E-state index < -0.39 is 0 Å². The second kappa shape index (κ2) is 4.56. The summed E-state index contributed by atoms with van der Waals surface area (Å²) < 4.78 is 6.98. The monoisotopic (exact) mass is 255 g/mol. The van der Waals surface area contributed by atoms with Crippen molar-refractivity contribution in [2.24, 2.45) is 0 Å². The van der Waals surface area contributed by atoms with E-state index in [1.54, 1.807) is 10.9 Å². The van der Waals surface area contributed by atoms with E-state index in [1.165, 1.54) is 0 Å². The van der Waals surface area contributed by atoms with E-state index in [-0.39, 0.29) is 0 Å². The lowest BCUT2D eigenvalue weighted by molar-refractivity contribution is 0.477. The maximum Gasteiger partial charge on any atom is 0.182 e. The summed E-state index contributed by atoms with van der Waals surface area (Å²) in [6.07, 6.45) is 1.63. The Labute approximate surface area is 109 Å². The van der Waals surface area contributed by atoms with Gasteiger partial charge in [0, 0.05) is 11.3 Å². The second-order valence-electron chi connectivity index (χ2n) is 4.31. The lowest BCUT2D eigenvalue weighted by atomic mass is 10.1. The molecule has 2 N–H and O–H groups in total. The minimum absolute atomic E-state index is 0.489. The zero-order chi connectivity index (χ0) is 13.2. The van der Waals surface area contributed by atoms with E-state index in [9.17, 15) is 0 Å². The first kappa shape index (κ1) is 11.5. The van der Waals surface area contributed by atoms with Crippen LogP contribution in [0.4, 0.5) is 5.69 Å². The van der Waals surface area contributed by atoms with Crippen LogP contribution >= 0.6 is 0 Å². The number of tetrazole rings is 1. The van der Waals surface area contributed by atoms with Crippen LogP contribution in [0.3, 0.4) is 0 Å². The molecule has 0 fully saturated rings. The Hall–Kier alpha value is -2.63. The van der Waals surface area contributed by atoms with Gasteiger partial charge in [0.05, 0.1) is 6.26 Å². The van der Waals surface area contributed by atoms with Gasteiger partial charge in [0.15, 0.2) is 5.82 Å². The van der Waals surface area contributed by atoms with Crippen LogP contribution in [0, 0.1) is 6.92 Å². The first-order valence-corrected chi connectivity index (χ1v) is 5.89. The molecule has 0 atom stereocenters. The number of rotatable bonds is 3. The summed E-state index contributed by atoms with van der Waals surface area (Å²) in [7, 11) is 0. The van der Waals surface area contributed by atoms with Crippen LogP contribution in [0.1, 0.15) is 11.3 Å². The van der Waals surface area contributed by atoms with Crippen LogP contribution in [0.5, 0.6) is 0 Å². The van der Waals surface area contributed by atoms with Crippen molar-refractivity contribution in [1.82, 2.24) is 20.2 Å². The topological polar surface area (TPSA) is 82.8 Å². The molecular weight excluding hydrogens is 242 g/mol. The van der Waals surface area contributed by atoms with Gasteiger partial charge in [0.2, 0.25) is 0 Å². The smallest absolute Gasteiger partial charge is 0.182 e. The molecule has 0 saturated carbocycles. The fraction of sp³-hybridized carbons (Fsp3) is 0.154. The number of nitrogens with two attached hydrogens (primary N) is 1. The maximum atomic E-state index is 5.92. The van der Waals surface area contributed by atoms with Gasteiger partial charge < -0.3 is 10.2 Å². The molecule has 96 valence electrons. The maximum absolute atomic E-state index is 5.92. The van der Waals surface area contributed by atoms with Gasteiger partial charge in [0.1, 0.15) is 12.3 Å². The molecule has 0 radical (unpaired) electrons. The van der Waals surface area contributed by atoms with Crippen molar-refractivity contribution in [3.05, 3.63) is 47.9 Å². The van der Waals surface area contributed by atoms with Crippen molar-refractivity contribution < 1.29 is 4.42 Å². The van der Waals surface area contributed by atoms with Crippen LogP contribution in [0.25, 0.3) is 11.4 Å². The highest BCUT2D eigenvalue weighted by molar-refractivity contribution is 5.63. The molecule has 0 saturated heterocycles. The largest absolute Gasteiger partial charge is 0.467 e. The normalized spacial score (nSPS) is 10.8. The van der Waals surface area contributed by atoms with E-state index in [1.807, 2.05) is 37.3 Å². The number of hydrogen-bond acceptors (Lipinski definition) is 5. The molecule has 3 rings (SSSR count). The molecule has 0 unspecified atom stereocenters. The molecule has 1 aromatic carbocycles. The first-order chi connectivity index (χ1) is 9.24. The minimum atomic E-state index is 0.489. The number of anilines is 1. The lowest BCUT2D eigenvalue weighted by Gasteiger charge is -2.05. The molecular formula is C13H13N5O. The standard InChI is InChI=1S/C13H13N5O/c1-9-4-5-10(7-12(9)14)13-15-16-17-18(13)8-11-3-2-6-19-11/h2-7H,8,14H2,1H3. The van der Waals surface area contributed by atoms with Gasteiger partial charge in [-0.2, -0.15) is 0 Å². The predicted molar refractivity (Wildman–Crippen MR) is 70.2 cm³/mol. The van der Waals surface area contributed by atoms with Crippen molar-refractivity contribution >= 4 is 5.69 Å². The van der Waals surface area contributed by atoms with Crippen LogP contribution in [0.2, 0.25) is 0 Å². The van der Waals surface area contributed by atoms with E-state index >= 15 is 0 Å². The highest BCUT2D eigenvalue weighted by Gasteiger charge is 2.11. The highest BCUT2D eigenvalue weighted by atomic mass is 16.3. The van der Waals surface area contributed by atoms with E-state index in [2.05, 4.69) is 15.5 Å². The lowest BCUT2D eigenvalue weighted by Crippen LogP contribution is -2.04. The molecule has 3 aromatic rings. The van der Waals surface area contributed by atoms with Crippen LogP contribution in [-0.4, -0.2) is 20.2 Å². The number of aromatic nitrogens is 4. The van der Waals surface area contributed by atoms with Gasteiger partial charge in [-0.05, 0) is 41.1 Å². The molecule has 0 bridgehead atoms. The van der Waals surface area contributed by atoms with Crippen molar-refractivity contribution in [2.75, 3.05) is 5.73 Å². The Kier molecular flexibility index (Phi) is 2.75. The highest BCUT2D eigenvalue weighted by Crippen LogP contribution is 2.21. The van der Waals surface area contributed by atoms with Crippen LogP contribution < -0.4 is 5.73 Å². The first-order valence-electron chi connectivity index (χ1n) is 5.89. The molecule has 19 heavy (non-hydrogen) atoms. The van der Waals surface area contributed by atoms with Crippen molar-refractivity contribution in [3.8, 4) is 11.4 Å². The average Bonchev–Trinajstić information content (AvgIpc) is 3.05. The summed E-state index contributed by atoms with van der Waals surface area (Å²) in [6.45, 7) is 2.45. The number of nitrogens with zero attached hydrogens (tertiary/aromatic N) is 4. The van der Waals surface area contributed by atoms with Gasteiger partial charge in [-0.3, -0.25) is 0 Å². The minimum Gasteiger partial charge on any atom is -0.467 e. The number of nitrogen functional groups attached to an aromatic ring is 1. The molecule has 6 nitrogen and oxygen atoms in total. The molecule has 2 heterocycles. The molecule has 0 aliphatic rings. The molecule has 6 heteroatoms. The summed E-state index contributed by atoms with van der Waals surface area (Å²) in [5.41, 5.74) is 8.57. The summed E-state index contributed by atoms with van der Waals surface area (Å²) in [4.78, 5) is 0. The summed E-state index contributed by atoms with van der Waals surface area (Å²) in [5.74, 6) is 1.47.